The average Bonchev–Trinajstić information content (AvgIpc) is 2.12. The van der Waals surface area contributed by atoms with Gasteiger partial charge in [-0.15, -0.1) is 0 Å². The summed E-state index contributed by atoms with van der Waals surface area (Å²) in [6.07, 6.45) is 0. The minimum absolute atomic E-state index is 0.125. The predicted molar refractivity (Wildman–Crippen MR) is 59.0 cm³/mol. The highest BCUT2D eigenvalue weighted by molar-refractivity contribution is 7.86. The molecule has 6 N–H and O–H groups in total. The van der Waals surface area contributed by atoms with Crippen molar-refractivity contribution in [2.75, 3.05) is 31.3 Å². The van der Waals surface area contributed by atoms with Gasteiger partial charge in [0.25, 0.3) is 20.2 Å². The largest absolute Gasteiger partial charge is 0.394 e. The molecule has 0 amide bonds. The van der Waals surface area contributed by atoms with Crippen LogP contribution in [0.1, 0.15) is 0 Å². The van der Waals surface area contributed by atoms with Crippen molar-refractivity contribution in [2.45, 2.75) is 5.60 Å². The highest BCUT2D eigenvalue weighted by Crippen LogP contribution is 2.09. The molecule has 0 unspecified atom stereocenters. The zero-order chi connectivity index (χ0) is 15.0. The van der Waals surface area contributed by atoms with E-state index in [2.05, 4.69) is 0 Å². The molecule has 0 radical (unpaired) electrons. The van der Waals surface area contributed by atoms with Gasteiger partial charge < -0.3 is 20.4 Å². The van der Waals surface area contributed by atoms with Crippen LogP contribution in [0.3, 0.4) is 0 Å². The van der Waals surface area contributed by atoms with Crippen LogP contribution in [0.15, 0.2) is 0 Å². The van der Waals surface area contributed by atoms with E-state index in [1.54, 1.807) is 0 Å². The lowest BCUT2D eigenvalue weighted by Gasteiger charge is -2.21. The molecule has 0 aliphatic heterocycles. The zero-order valence-corrected chi connectivity index (χ0v) is 10.8. The lowest BCUT2D eigenvalue weighted by atomic mass is 10.1. The first kappa shape index (κ1) is 20.0. The van der Waals surface area contributed by atoms with Crippen molar-refractivity contribution >= 4 is 20.2 Å². The molecule has 0 aromatic heterocycles. The fourth-order valence-electron chi connectivity index (χ4n) is 0.812. The smallest absolute Gasteiger partial charge is 0.267 e. The third-order valence-electron chi connectivity index (χ3n) is 1.30. The molecule has 0 aromatic carbocycles. The summed E-state index contributed by atoms with van der Waals surface area (Å²) in [5.74, 6) is -2.76. The number of aliphatic hydroxyl groups is 4. The van der Waals surface area contributed by atoms with Crippen LogP contribution in [0.2, 0.25) is 0 Å². The van der Waals surface area contributed by atoms with Crippen LogP contribution in [0.25, 0.3) is 0 Å². The van der Waals surface area contributed by atoms with Crippen LogP contribution >= 0.6 is 0 Å². The lowest BCUT2D eigenvalue weighted by Crippen LogP contribution is -2.46. The Kier molecular flexibility index (Phi) is 8.84. The Bertz CT molecular complexity index is 374. The van der Waals surface area contributed by atoms with E-state index in [9.17, 15) is 16.8 Å². The van der Waals surface area contributed by atoms with Crippen molar-refractivity contribution in [2.24, 2.45) is 0 Å². The van der Waals surface area contributed by atoms with Gasteiger partial charge in [0, 0.05) is 0 Å². The van der Waals surface area contributed by atoms with E-state index >= 15 is 0 Å². The molecule has 0 fully saturated rings. The molecule has 112 valence electrons. The number of rotatable bonds is 6. The second kappa shape index (κ2) is 7.96. The predicted octanol–water partition coefficient (Wildman–Crippen LogP) is -3.54. The molecule has 0 aliphatic carbocycles. The van der Waals surface area contributed by atoms with Crippen LogP contribution in [0, 0.1) is 0 Å². The molecule has 10 nitrogen and oxygen atoms in total. The monoisotopic (exact) mass is 312 g/mol. The van der Waals surface area contributed by atoms with Crippen LogP contribution in [-0.4, -0.2) is 83.3 Å². The third kappa shape index (κ3) is 13.7. The van der Waals surface area contributed by atoms with E-state index in [0.29, 0.717) is 0 Å². The van der Waals surface area contributed by atoms with Gasteiger partial charge in [-0.1, -0.05) is 0 Å². The summed E-state index contributed by atoms with van der Waals surface area (Å²) in [5, 5.41) is 32.9. The Morgan fingerprint density at radius 2 is 1.06 bits per heavy atom. The van der Waals surface area contributed by atoms with Gasteiger partial charge in [0.1, 0.15) is 17.1 Å². The summed E-state index contributed by atoms with van der Waals surface area (Å²) in [6, 6.07) is 0. The third-order valence-corrected chi connectivity index (χ3v) is 3.10. The highest BCUT2D eigenvalue weighted by atomic mass is 32.2. The molecule has 0 saturated heterocycles. The first-order valence-corrected chi connectivity index (χ1v) is 7.56. The van der Waals surface area contributed by atoms with Crippen LogP contribution in [-0.2, 0) is 20.2 Å². The first-order valence-electron chi connectivity index (χ1n) is 4.34. The van der Waals surface area contributed by atoms with E-state index < -0.39 is 43.9 Å². The number of hydrogen-bond donors (Lipinski definition) is 6. The topological polar surface area (TPSA) is 190 Å². The summed E-state index contributed by atoms with van der Waals surface area (Å²) in [5.41, 5.74) is -2.61. The summed E-state index contributed by atoms with van der Waals surface area (Å²) >= 11 is 0. The van der Waals surface area contributed by atoms with Gasteiger partial charge in [0.15, 0.2) is 0 Å². The fraction of sp³-hybridized carbons (Fsp3) is 1.00. The molecule has 0 aromatic rings. The maximum Gasteiger partial charge on any atom is 0.267 e. The van der Waals surface area contributed by atoms with E-state index in [1.807, 2.05) is 0 Å². The molecule has 0 bridgehead atoms. The second-order valence-corrected chi connectivity index (χ2v) is 6.19. The van der Waals surface area contributed by atoms with Crippen molar-refractivity contribution < 1.29 is 46.4 Å². The van der Waals surface area contributed by atoms with E-state index in [0.717, 1.165) is 0 Å². The van der Waals surface area contributed by atoms with Crippen LogP contribution < -0.4 is 0 Å². The molecule has 0 rings (SSSR count). The van der Waals surface area contributed by atoms with Crippen LogP contribution in [0.5, 0.6) is 0 Å². The minimum atomic E-state index is -4.65. The SMILES string of the molecule is O=S(=O)(O)CC(O)(CO)CS(=O)(=O)O.OCCO. The maximum atomic E-state index is 10.3. The Balaban J connectivity index is 0. The minimum Gasteiger partial charge on any atom is -0.394 e. The number of aliphatic hydroxyl groups excluding tert-OH is 3. The number of hydrogen-bond acceptors (Lipinski definition) is 8. The van der Waals surface area contributed by atoms with E-state index in [4.69, 9.17) is 29.5 Å². The average molecular weight is 312 g/mol. The fourth-order valence-corrected chi connectivity index (χ4v) is 2.69. The van der Waals surface area contributed by atoms with Crippen LogP contribution in [0.4, 0.5) is 0 Å². The highest BCUT2D eigenvalue weighted by Gasteiger charge is 2.36. The quantitative estimate of drug-likeness (QED) is 0.268. The van der Waals surface area contributed by atoms with Crippen molar-refractivity contribution in [1.29, 1.82) is 0 Å². The molecule has 0 heterocycles. The van der Waals surface area contributed by atoms with Gasteiger partial charge in [-0.25, -0.2) is 0 Å². The molecule has 0 atom stereocenters. The van der Waals surface area contributed by atoms with Gasteiger partial charge in [-0.2, -0.15) is 16.8 Å². The molecule has 0 aliphatic rings. The normalized spacial score (nSPS) is 12.8. The van der Waals surface area contributed by atoms with E-state index in [1.165, 1.54) is 0 Å². The molecule has 0 saturated carbocycles. The zero-order valence-electron chi connectivity index (χ0n) is 9.17. The molecular formula is C6H16O10S2. The maximum absolute atomic E-state index is 10.3. The van der Waals surface area contributed by atoms with Crippen molar-refractivity contribution in [1.82, 2.24) is 0 Å². The van der Waals surface area contributed by atoms with Gasteiger partial charge in [-0.05, 0) is 0 Å². The van der Waals surface area contributed by atoms with E-state index in [-0.39, 0.29) is 13.2 Å². The summed E-state index contributed by atoms with van der Waals surface area (Å²) in [6.45, 7) is -1.48. The Hall–Kier alpha value is -0.340. The Morgan fingerprint density at radius 1 is 0.778 bits per heavy atom. The van der Waals surface area contributed by atoms with Gasteiger partial charge in [0.2, 0.25) is 0 Å². The standard InChI is InChI=1S/C4H10O8S2.C2H6O2/c5-1-4(6,2-13(7,8)9)3-14(10,11)12;3-1-2-4/h5-6H,1-3H2,(H,7,8,9)(H,10,11,12);3-4H,1-2H2. The Labute approximate surface area is 104 Å². The molecular weight excluding hydrogens is 296 g/mol. The molecule has 18 heavy (non-hydrogen) atoms. The van der Waals surface area contributed by atoms with Crippen molar-refractivity contribution in [3.63, 3.8) is 0 Å². The second-order valence-electron chi connectivity index (χ2n) is 3.28. The van der Waals surface area contributed by atoms with Crippen molar-refractivity contribution in [3.8, 4) is 0 Å². The first-order chi connectivity index (χ1) is 7.89. The molecule has 12 heteroatoms. The van der Waals surface area contributed by atoms with Gasteiger partial charge >= 0.3 is 0 Å². The summed E-state index contributed by atoms with van der Waals surface area (Å²) in [7, 11) is -9.30. The lowest BCUT2D eigenvalue weighted by molar-refractivity contribution is 0.0217. The summed E-state index contributed by atoms with van der Waals surface area (Å²) in [4.78, 5) is 0. The Morgan fingerprint density at radius 3 is 1.17 bits per heavy atom. The summed E-state index contributed by atoms with van der Waals surface area (Å²) < 4.78 is 57.8. The van der Waals surface area contributed by atoms with Crippen molar-refractivity contribution in [3.05, 3.63) is 0 Å². The van der Waals surface area contributed by atoms with Gasteiger partial charge in [0.05, 0.1) is 19.8 Å². The van der Waals surface area contributed by atoms with Gasteiger partial charge in [-0.3, -0.25) is 9.11 Å². The molecule has 0 spiro atoms.